The number of aryl methyl sites for hydroxylation is 5. The van der Waals surface area contributed by atoms with E-state index in [0.717, 1.165) is 60.9 Å². The minimum atomic E-state index is -1.20. The number of rotatable bonds is 8. The summed E-state index contributed by atoms with van der Waals surface area (Å²) in [4.78, 5) is 33.1. The number of carboxylic acids is 1. The quantitative estimate of drug-likeness (QED) is 0.156. The van der Waals surface area contributed by atoms with Gasteiger partial charge in [0.25, 0.3) is 5.91 Å². The summed E-state index contributed by atoms with van der Waals surface area (Å²) in [5, 5.41) is 17.5. The van der Waals surface area contributed by atoms with Crippen molar-refractivity contribution >= 4 is 74.2 Å². The molecule has 4 heterocycles. The number of fused-ring (bicyclic) bond motifs is 4. The van der Waals surface area contributed by atoms with Crippen LogP contribution < -0.4 is 9.64 Å². The third-order valence-electron chi connectivity index (χ3n) is 9.84. The molecule has 1 atom stereocenters. The van der Waals surface area contributed by atoms with Gasteiger partial charge in [-0.25, -0.2) is 9.78 Å². The summed E-state index contributed by atoms with van der Waals surface area (Å²) in [6.07, 6.45) is 1.18. The maximum atomic E-state index is 15.0. The molecule has 6 aromatic rings. The summed E-state index contributed by atoms with van der Waals surface area (Å²) in [5.41, 5.74) is 8.43. The highest BCUT2D eigenvalue weighted by molar-refractivity contribution is 6.36. The Bertz CT molecular complexity index is 2410. The van der Waals surface area contributed by atoms with Gasteiger partial charge in [-0.3, -0.25) is 9.48 Å². The van der Waals surface area contributed by atoms with E-state index in [1.165, 1.54) is 6.07 Å². The van der Waals surface area contributed by atoms with Gasteiger partial charge in [-0.05, 0) is 94.5 Å². The number of carbonyl (C=O) groups is 2. The molecule has 0 aliphatic carbocycles. The van der Waals surface area contributed by atoms with Crippen LogP contribution in [0.1, 0.15) is 68.4 Å². The molecule has 0 saturated heterocycles. The van der Waals surface area contributed by atoms with Gasteiger partial charge in [-0.1, -0.05) is 53.0 Å². The number of benzene rings is 3. The van der Waals surface area contributed by atoms with Crippen molar-refractivity contribution in [3.8, 4) is 16.9 Å². The third kappa shape index (κ3) is 5.81. The lowest BCUT2D eigenvalue weighted by Gasteiger charge is -2.34. The number of para-hydroxylation sites is 1. The van der Waals surface area contributed by atoms with Gasteiger partial charge in [0.15, 0.2) is 0 Å². The van der Waals surface area contributed by atoms with E-state index in [1.807, 2.05) is 63.7 Å². The maximum Gasteiger partial charge on any atom is 0.354 e. The molecule has 1 N–H and O–H groups in total. The molecule has 0 fully saturated rings. The highest BCUT2D eigenvalue weighted by Gasteiger charge is 2.37. The Labute approximate surface area is 310 Å². The number of carbonyl (C=O) groups excluding carboxylic acids is 1. The van der Waals surface area contributed by atoms with Crippen LogP contribution in [0.2, 0.25) is 15.1 Å². The van der Waals surface area contributed by atoms with E-state index in [4.69, 9.17) is 44.6 Å². The Morgan fingerprint density at radius 3 is 2.37 bits per heavy atom. The van der Waals surface area contributed by atoms with Gasteiger partial charge in [0.2, 0.25) is 0 Å². The number of nitrogens with zero attached hydrogens (tertiary/aromatic N) is 5. The van der Waals surface area contributed by atoms with E-state index in [0.29, 0.717) is 53.3 Å². The lowest BCUT2D eigenvalue weighted by atomic mass is 9.98. The van der Waals surface area contributed by atoms with Crippen LogP contribution >= 0.6 is 34.8 Å². The fourth-order valence-electron chi connectivity index (χ4n) is 7.46. The maximum absolute atomic E-state index is 15.0. The van der Waals surface area contributed by atoms with Crippen LogP contribution in [0.15, 0.2) is 48.5 Å². The second-order valence-electron chi connectivity index (χ2n) is 13.2. The fraction of sp³-hybridized carbons (Fsp3) is 0.282. The third-order valence-corrected chi connectivity index (χ3v) is 11.1. The van der Waals surface area contributed by atoms with Crippen LogP contribution in [-0.2, 0) is 13.5 Å². The Morgan fingerprint density at radius 1 is 0.980 bits per heavy atom. The normalized spacial score (nSPS) is 14.5. The Hall–Kier alpha value is -4.57. The van der Waals surface area contributed by atoms with E-state index in [9.17, 15) is 14.7 Å². The second kappa shape index (κ2) is 13.2. The molecule has 1 unspecified atom stereocenters. The molecule has 0 saturated carbocycles. The first-order chi connectivity index (χ1) is 24.3. The van der Waals surface area contributed by atoms with Crippen molar-refractivity contribution in [2.24, 2.45) is 7.05 Å². The predicted octanol–water partition coefficient (Wildman–Crippen LogP) is 9.72. The first kappa shape index (κ1) is 34.9. The summed E-state index contributed by atoms with van der Waals surface area (Å²) in [6, 6.07) is 14.2. The molecule has 0 bridgehead atoms. The molecule has 3 aromatic heterocycles. The molecule has 262 valence electrons. The van der Waals surface area contributed by atoms with Crippen LogP contribution in [0.4, 0.5) is 5.69 Å². The molecular weight excluding hydrogens is 709 g/mol. The molecule has 7 rings (SSSR count). The van der Waals surface area contributed by atoms with Crippen LogP contribution in [0.3, 0.4) is 0 Å². The monoisotopic (exact) mass is 743 g/mol. The smallest absolute Gasteiger partial charge is 0.354 e. The van der Waals surface area contributed by atoms with E-state index in [2.05, 4.69) is 16.5 Å². The molecule has 1 aliphatic heterocycles. The van der Waals surface area contributed by atoms with E-state index >= 15 is 0 Å². The number of aromatic nitrogens is 4. The van der Waals surface area contributed by atoms with Gasteiger partial charge in [0.1, 0.15) is 17.1 Å². The summed E-state index contributed by atoms with van der Waals surface area (Å²) >= 11 is 20.0. The van der Waals surface area contributed by atoms with Crippen LogP contribution in [0, 0.1) is 27.7 Å². The Morgan fingerprint density at radius 2 is 1.71 bits per heavy atom. The number of amides is 1. The molecule has 9 nitrogen and oxygen atoms in total. The average molecular weight is 745 g/mol. The van der Waals surface area contributed by atoms with Crippen molar-refractivity contribution in [2.45, 2.75) is 53.5 Å². The first-order valence-corrected chi connectivity index (χ1v) is 17.8. The van der Waals surface area contributed by atoms with E-state index < -0.39 is 5.97 Å². The van der Waals surface area contributed by atoms with Gasteiger partial charge >= 0.3 is 5.97 Å². The molecule has 1 aliphatic rings. The molecular formula is C39H36Cl3N5O4. The fourth-order valence-corrected chi connectivity index (χ4v) is 8.07. The second-order valence-corrected chi connectivity index (χ2v) is 14.4. The zero-order valence-corrected chi connectivity index (χ0v) is 31.3. The number of aromatic carboxylic acids is 1. The highest BCUT2D eigenvalue weighted by Crippen LogP contribution is 2.45. The van der Waals surface area contributed by atoms with Crippen LogP contribution in [-0.4, -0.2) is 49.5 Å². The minimum absolute atomic E-state index is 0.195. The van der Waals surface area contributed by atoms with Crippen molar-refractivity contribution in [1.82, 2.24) is 19.3 Å². The number of pyridine rings is 1. The van der Waals surface area contributed by atoms with E-state index in [1.54, 1.807) is 23.1 Å². The SMILES string of the molecule is Cc1cc(OCCCc2c3n(c4c(-c5c(C)nn(C)c5C)c(Cl)ccc24)C(C)CN(c2cccc4c(Cl)cc(C(=O)O)nc24)C3=O)cc(C)c1Cl. The molecule has 0 spiro atoms. The van der Waals surface area contributed by atoms with Crippen molar-refractivity contribution in [2.75, 3.05) is 18.1 Å². The lowest BCUT2D eigenvalue weighted by Crippen LogP contribution is -2.43. The predicted molar refractivity (Wildman–Crippen MR) is 203 cm³/mol. The first-order valence-electron chi connectivity index (χ1n) is 16.7. The zero-order valence-electron chi connectivity index (χ0n) is 29.1. The average Bonchev–Trinajstić information content (AvgIpc) is 3.55. The Balaban J connectivity index is 1.39. The van der Waals surface area contributed by atoms with Gasteiger partial charge in [-0.15, -0.1) is 0 Å². The zero-order chi connectivity index (χ0) is 36.5. The molecule has 1 amide bonds. The number of hydrogen-bond acceptors (Lipinski definition) is 5. The van der Waals surface area contributed by atoms with Crippen LogP contribution in [0.25, 0.3) is 32.9 Å². The van der Waals surface area contributed by atoms with E-state index in [-0.39, 0.29) is 22.7 Å². The standard InChI is InChI=1S/C39H36Cl3N5O4/c1-19-15-24(16-20(2)34(19)42)51-14-8-10-25-26-12-13-28(40)33(32-22(4)44-45(6)23(32)5)36(26)47-21(3)18-46(38(48)37(25)47)31-11-7-9-27-29(41)17-30(39(49)50)43-35(27)31/h7,9,11-13,15-17,21H,8,10,14,18H2,1-6H3,(H,49,50). The summed E-state index contributed by atoms with van der Waals surface area (Å²) in [5.74, 6) is -0.684. The number of carboxylic acid groups (broad SMARTS) is 1. The van der Waals surface area contributed by atoms with Crippen molar-refractivity contribution in [1.29, 1.82) is 0 Å². The number of ether oxygens (including phenoxy) is 1. The number of anilines is 1. The molecule has 51 heavy (non-hydrogen) atoms. The minimum Gasteiger partial charge on any atom is -0.494 e. The van der Waals surface area contributed by atoms with Gasteiger partial charge < -0.3 is 19.3 Å². The summed E-state index contributed by atoms with van der Waals surface area (Å²) < 4.78 is 10.2. The van der Waals surface area contributed by atoms with Crippen molar-refractivity contribution in [3.05, 3.63) is 103 Å². The largest absolute Gasteiger partial charge is 0.494 e. The van der Waals surface area contributed by atoms with Gasteiger partial charge in [0.05, 0.1) is 39.1 Å². The lowest BCUT2D eigenvalue weighted by molar-refractivity contribution is 0.0690. The van der Waals surface area contributed by atoms with Gasteiger partial charge in [-0.2, -0.15) is 5.10 Å². The molecule has 12 heteroatoms. The number of halogens is 3. The van der Waals surface area contributed by atoms with Crippen LogP contribution in [0.5, 0.6) is 5.75 Å². The van der Waals surface area contributed by atoms with Gasteiger partial charge in [0, 0.05) is 52.3 Å². The highest BCUT2D eigenvalue weighted by atomic mass is 35.5. The topological polar surface area (TPSA) is 102 Å². The summed E-state index contributed by atoms with van der Waals surface area (Å²) in [6.45, 7) is 10.7. The summed E-state index contributed by atoms with van der Waals surface area (Å²) in [7, 11) is 1.91. The Kier molecular flexibility index (Phi) is 9.02. The molecule has 0 radical (unpaired) electrons. The van der Waals surface area contributed by atoms with Crippen molar-refractivity contribution < 1.29 is 19.4 Å². The van der Waals surface area contributed by atoms with Crippen molar-refractivity contribution in [3.63, 3.8) is 0 Å². The number of hydrogen-bond donors (Lipinski definition) is 1. The molecule has 3 aromatic carbocycles.